The molecule has 0 aliphatic heterocycles. The first kappa shape index (κ1) is 38.7. The molecule has 0 N–H and O–H groups in total. The fourth-order valence-electron chi connectivity index (χ4n) is 9.30. The summed E-state index contributed by atoms with van der Waals surface area (Å²) < 4.78 is 0. The summed E-state index contributed by atoms with van der Waals surface area (Å²) in [6, 6.07) is 29.3. The molecule has 0 saturated heterocycles. The van der Waals surface area contributed by atoms with Gasteiger partial charge in [-0.2, -0.15) is 21.9 Å². The van der Waals surface area contributed by atoms with E-state index in [0.29, 0.717) is 47.3 Å². The summed E-state index contributed by atoms with van der Waals surface area (Å²) in [5.74, 6) is 2.93. The van der Waals surface area contributed by atoms with E-state index in [1.807, 2.05) is 0 Å². The van der Waals surface area contributed by atoms with Crippen molar-refractivity contribution in [3.05, 3.63) is 117 Å². The molecular formula is C48H68B-. The van der Waals surface area contributed by atoms with Crippen LogP contribution in [0.25, 0.3) is 0 Å². The minimum Gasteiger partial charge on any atom is -0.188 e. The first-order chi connectivity index (χ1) is 23.0. The quantitative estimate of drug-likeness (QED) is 0.133. The molecule has 0 nitrogen and oxygen atoms in total. The maximum absolute atomic E-state index is 2.48. The third-order valence-corrected chi connectivity index (χ3v) is 11.4. The number of benzene rings is 4. The molecule has 0 atom stereocenters. The predicted octanol–water partition coefficient (Wildman–Crippen LogP) is 12.1. The fourth-order valence-corrected chi connectivity index (χ4v) is 9.30. The van der Waals surface area contributed by atoms with Gasteiger partial charge < -0.3 is 0 Å². The van der Waals surface area contributed by atoms with Crippen LogP contribution in [0.4, 0.5) is 0 Å². The Labute approximate surface area is 302 Å². The summed E-state index contributed by atoms with van der Waals surface area (Å²) in [4.78, 5) is 0. The molecule has 0 heterocycles. The average Bonchev–Trinajstić information content (AvgIpc) is 3.04. The van der Waals surface area contributed by atoms with Crippen LogP contribution in [-0.4, -0.2) is 6.15 Å². The number of hydrogen-bond acceptors (Lipinski definition) is 0. The Morgan fingerprint density at radius 3 is 0.469 bits per heavy atom. The van der Waals surface area contributed by atoms with Crippen molar-refractivity contribution in [1.82, 2.24) is 0 Å². The molecule has 4 rings (SSSR count). The summed E-state index contributed by atoms with van der Waals surface area (Å²) in [6.07, 6.45) is -1.73. The minimum absolute atomic E-state index is 0.367. The third-order valence-electron chi connectivity index (χ3n) is 11.4. The maximum atomic E-state index is 2.48. The van der Waals surface area contributed by atoms with Gasteiger partial charge in [-0.3, -0.25) is 0 Å². The van der Waals surface area contributed by atoms with Gasteiger partial charge in [-0.15, -0.1) is 0 Å². The second-order valence-corrected chi connectivity index (χ2v) is 17.5. The van der Waals surface area contributed by atoms with Crippen LogP contribution in [0.3, 0.4) is 0 Å². The SMILES string of the molecule is CC(C)c1cccc(C(C)C)c1[B-](c1c(C(C)C)cccc1C(C)C)(c1c(C(C)C)cccc1C(C)C)c1c(C(C)C)cccc1C(C)C. The van der Waals surface area contributed by atoms with Gasteiger partial charge in [0, 0.05) is 0 Å². The largest absolute Gasteiger partial charge is 0.188 e. The van der Waals surface area contributed by atoms with Crippen LogP contribution in [0, 0.1) is 0 Å². The molecule has 0 amide bonds. The van der Waals surface area contributed by atoms with Crippen LogP contribution >= 0.6 is 0 Å². The highest BCUT2D eigenvalue weighted by atomic mass is 14.3. The molecule has 0 radical (unpaired) electrons. The normalized spacial score (nSPS) is 12.7. The monoisotopic (exact) mass is 656 g/mol. The minimum atomic E-state index is -1.73. The van der Waals surface area contributed by atoms with Crippen LogP contribution < -0.4 is 21.9 Å². The van der Waals surface area contributed by atoms with E-state index in [1.165, 1.54) is 44.5 Å². The molecule has 0 bridgehead atoms. The van der Waals surface area contributed by atoms with Crippen molar-refractivity contribution < 1.29 is 0 Å². The summed E-state index contributed by atoms with van der Waals surface area (Å²) >= 11 is 0. The zero-order chi connectivity index (χ0) is 36.5. The van der Waals surface area contributed by atoms with E-state index in [-0.39, 0.29) is 0 Å². The summed E-state index contributed by atoms with van der Waals surface area (Å²) in [7, 11) is 0. The predicted molar refractivity (Wildman–Crippen MR) is 223 cm³/mol. The Morgan fingerprint density at radius 1 is 0.245 bits per heavy atom. The molecule has 0 fully saturated rings. The third kappa shape index (κ3) is 6.98. The molecule has 0 unspecified atom stereocenters. The molecule has 0 aliphatic carbocycles. The molecule has 0 aromatic heterocycles. The molecule has 49 heavy (non-hydrogen) atoms. The van der Waals surface area contributed by atoms with Crippen molar-refractivity contribution >= 4 is 28.0 Å². The molecule has 4 aromatic rings. The highest BCUT2D eigenvalue weighted by Gasteiger charge is 2.44. The lowest BCUT2D eigenvalue weighted by molar-refractivity contribution is 0.831. The average molecular weight is 656 g/mol. The van der Waals surface area contributed by atoms with Gasteiger partial charge in [-0.1, -0.05) is 228 Å². The van der Waals surface area contributed by atoms with E-state index in [4.69, 9.17) is 0 Å². The van der Waals surface area contributed by atoms with E-state index in [9.17, 15) is 0 Å². The van der Waals surface area contributed by atoms with Gasteiger partial charge in [0.15, 0.2) is 0 Å². The van der Waals surface area contributed by atoms with Crippen molar-refractivity contribution in [2.24, 2.45) is 0 Å². The molecule has 0 saturated carbocycles. The molecule has 264 valence electrons. The lowest BCUT2D eigenvalue weighted by Gasteiger charge is -2.55. The van der Waals surface area contributed by atoms with Gasteiger partial charge in [0.1, 0.15) is 6.15 Å². The van der Waals surface area contributed by atoms with E-state index < -0.39 is 6.15 Å². The van der Waals surface area contributed by atoms with Crippen molar-refractivity contribution in [3.8, 4) is 0 Å². The maximum Gasteiger partial charge on any atom is 0.110 e. The Balaban J connectivity index is 2.72. The van der Waals surface area contributed by atoms with Crippen LogP contribution in [-0.2, 0) is 0 Å². The van der Waals surface area contributed by atoms with E-state index >= 15 is 0 Å². The van der Waals surface area contributed by atoms with Crippen molar-refractivity contribution in [2.45, 2.75) is 158 Å². The van der Waals surface area contributed by atoms with Crippen molar-refractivity contribution in [1.29, 1.82) is 0 Å². The van der Waals surface area contributed by atoms with E-state index in [1.54, 1.807) is 21.9 Å². The molecular weight excluding hydrogens is 587 g/mol. The smallest absolute Gasteiger partial charge is 0.110 e. The Kier molecular flexibility index (Phi) is 12.2. The highest BCUT2D eigenvalue weighted by Crippen LogP contribution is 2.35. The van der Waals surface area contributed by atoms with Crippen LogP contribution in [0.5, 0.6) is 0 Å². The standard InChI is InChI=1S/C48H68B/c1-29(2)37-21-17-22-38(30(3)4)45(37)49(46-39(31(5)6)23-18-24-40(46)32(7)8,47-41(33(9)10)25-19-26-42(47)34(11)12)48-43(35(13)14)27-20-28-44(48)36(15)16/h17-36H,1-16H3/q-1. The zero-order valence-corrected chi connectivity index (χ0v) is 34.1. The fraction of sp³-hybridized carbons (Fsp3) is 0.500. The summed E-state index contributed by atoms with van der Waals surface area (Å²) in [5, 5.41) is 0. The topological polar surface area (TPSA) is 0 Å². The van der Waals surface area contributed by atoms with Crippen LogP contribution in [0.2, 0.25) is 0 Å². The lowest BCUT2D eigenvalue weighted by Crippen LogP contribution is -2.80. The van der Waals surface area contributed by atoms with Crippen LogP contribution in [0.1, 0.15) is 203 Å². The Morgan fingerprint density at radius 2 is 0.367 bits per heavy atom. The molecule has 1 heteroatoms. The molecule has 4 aromatic carbocycles. The Hall–Kier alpha value is -3.06. The lowest BCUT2D eigenvalue weighted by atomic mass is 9.09. The first-order valence-electron chi connectivity index (χ1n) is 19.7. The highest BCUT2D eigenvalue weighted by molar-refractivity contribution is 7.21. The van der Waals surface area contributed by atoms with Gasteiger partial charge in [0.05, 0.1) is 0 Å². The summed E-state index contributed by atoms with van der Waals surface area (Å²) in [5.41, 5.74) is 18.4. The number of hydrogen-bond donors (Lipinski definition) is 0. The second-order valence-electron chi connectivity index (χ2n) is 17.5. The zero-order valence-electron chi connectivity index (χ0n) is 34.1. The second kappa shape index (κ2) is 15.5. The van der Waals surface area contributed by atoms with E-state index in [0.717, 1.165) is 0 Å². The van der Waals surface area contributed by atoms with Crippen LogP contribution in [0.15, 0.2) is 72.8 Å². The van der Waals surface area contributed by atoms with Crippen molar-refractivity contribution in [3.63, 3.8) is 0 Å². The van der Waals surface area contributed by atoms with Gasteiger partial charge in [0.25, 0.3) is 0 Å². The van der Waals surface area contributed by atoms with Gasteiger partial charge in [-0.25, -0.2) is 0 Å². The molecule has 0 spiro atoms. The van der Waals surface area contributed by atoms with E-state index in [2.05, 4.69) is 184 Å². The van der Waals surface area contributed by atoms with Gasteiger partial charge >= 0.3 is 0 Å². The summed E-state index contributed by atoms with van der Waals surface area (Å²) in [6.45, 7) is 38.8. The number of rotatable bonds is 12. The molecule has 0 aliphatic rings. The van der Waals surface area contributed by atoms with Gasteiger partial charge in [0.2, 0.25) is 0 Å². The van der Waals surface area contributed by atoms with Crippen molar-refractivity contribution in [2.75, 3.05) is 0 Å². The van der Waals surface area contributed by atoms with Gasteiger partial charge in [-0.05, 0) is 47.3 Å². The first-order valence-corrected chi connectivity index (χ1v) is 19.7. The Bertz CT molecular complexity index is 1360.